The van der Waals surface area contributed by atoms with Gasteiger partial charge in [0.25, 0.3) is 5.91 Å². The van der Waals surface area contributed by atoms with E-state index in [1.165, 1.54) is 6.92 Å². The molecule has 39 heavy (non-hydrogen) atoms. The summed E-state index contributed by atoms with van der Waals surface area (Å²) < 4.78 is 0. The summed E-state index contributed by atoms with van der Waals surface area (Å²) in [5.41, 5.74) is 4.81. The maximum absolute atomic E-state index is 12.9. The number of nitrogens with one attached hydrogen (secondary N) is 2. The number of amides is 2. The Morgan fingerprint density at radius 1 is 0.846 bits per heavy atom. The van der Waals surface area contributed by atoms with Gasteiger partial charge in [0.05, 0.1) is 5.69 Å². The molecule has 4 aromatic rings. The van der Waals surface area contributed by atoms with Gasteiger partial charge in [0, 0.05) is 77.5 Å². The van der Waals surface area contributed by atoms with Gasteiger partial charge in [-0.1, -0.05) is 41.4 Å². The van der Waals surface area contributed by atoms with Crippen molar-refractivity contribution in [1.82, 2.24) is 14.9 Å². The van der Waals surface area contributed by atoms with E-state index >= 15 is 0 Å². The first-order valence-corrected chi connectivity index (χ1v) is 13.2. The standard InChI is InChI=1S/C29H26Cl2N6O2/c1-19(38)33-24-7-5-20(6-8-24)27-9-10-32-29(35-27)34-25-3-2-4-26(18-25)36-11-13-37(14-12-36)28(39)21-15-22(30)17-23(31)16-21/h2-10,15-18H,11-14H2,1H3,(H,33,38)(H,32,34,35). The minimum absolute atomic E-state index is 0.0729. The number of carbonyl (C=O) groups excluding carboxylic acids is 2. The Bertz CT molecular complexity index is 1480. The smallest absolute Gasteiger partial charge is 0.254 e. The lowest BCUT2D eigenvalue weighted by Crippen LogP contribution is -2.48. The Morgan fingerprint density at radius 2 is 1.56 bits per heavy atom. The summed E-state index contributed by atoms with van der Waals surface area (Å²) in [6.45, 7) is 4.05. The molecule has 1 saturated heterocycles. The third-order valence-corrected chi connectivity index (χ3v) is 6.74. The van der Waals surface area contributed by atoms with Gasteiger partial charge in [-0.2, -0.15) is 0 Å². The van der Waals surface area contributed by atoms with E-state index in [1.807, 2.05) is 59.5 Å². The molecule has 1 aromatic heterocycles. The summed E-state index contributed by atoms with van der Waals surface area (Å²) in [7, 11) is 0. The van der Waals surface area contributed by atoms with Crippen molar-refractivity contribution in [3.05, 3.63) is 94.6 Å². The zero-order valence-electron chi connectivity index (χ0n) is 21.2. The highest BCUT2D eigenvalue weighted by molar-refractivity contribution is 6.35. The predicted octanol–water partition coefficient (Wildman–Crippen LogP) is 6.11. The van der Waals surface area contributed by atoms with Gasteiger partial charge in [0.1, 0.15) is 0 Å². The van der Waals surface area contributed by atoms with E-state index in [0.717, 1.165) is 28.3 Å². The maximum Gasteiger partial charge on any atom is 0.254 e. The molecule has 0 saturated carbocycles. The van der Waals surface area contributed by atoms with Crippen molar-refractivity contribution in [2.24, 2.45) is 0 Å². The van der Waals surface area contributed by atoms with Crippen molar-refractivity contribution >= 4 is 58.0 Å². The average molecular weight is 561 g/mol. The van der Waals surface area contributed by atoms with Crippen LogP contribution >= 0.6 is 23.2 Å². The van der Waals surface area contributed by atoms with Gasteiger partial charge in [-0.25, -0.2) is 9.97 Å². The van der Waals surface area contributed by atoms with Crippen LogP contribution in [0.1, 0.15) is 17.3 Å². The van der Waals surface area contributed by atoms with Crippen LogP contribution in [0.3, 0.4) is 0 Å². The second kappa shape index (κ2) is 11.7. The van der Waals surface area contributed by atoms with Gasteiger partial charge in [-0.05, 0) is 54.6 Å². The molecular weight excluding hydrogens is 535 g/mol. The lowest BCUT2D eigenvalue weighted by atomic mass is 10.1. The zero-order chi connectivity index (χ0) is 27.4. The first kappa shape index (κ1) is 26.5. The van der Waals surface area contributed by atoms with Crippen molar-refractivity contribution in [2.45, 2.75) is 6.92 Å². The lowest BCUT2D eigenvalue weighted by molar-refractivity contribution is -0.114. The monoisotopic (exact) mass is 560 g/mol. The fourth-order valence-electron chi connectivity index (χ4n) is 4.44. The molecule has 0 radical (unpaired) electrons. The highest BCUT2D eigenvalue weighted by Crippen LogP contribution is 2.26. The summed E-state index contributed by atoms with van der Waals surface area (Å²) in [4.78, 5) is 37.3. The first-order chi connectivity index (χ1) is 18.8. The van der Waals surface area contributed by atoms with E-state index in [-0.39, 0.29) is 11.8 Å². The molecule has 0 bridgehead atoms. The number of carbonyl (C=O) groups is 2. The van der Waals surface area contributed by atoms with Crippen molar-refractivity contribution in [3.63, 3.8) is 0 Å². The fraction of sp³-hybridized carbons (Fsp3) is 0.172. The van der Waals surface area contributed by atoms with Crippen molar-refractivity contribution in [3.8, 4) is 11.3 Å². The van der Waals surface area contributed by atoms with E-state index < -0.39 is 0 Å². The molecular formula is C29H26Cl2N6O2. The van der Waals surface area contributed by atoms with E-state index in [4.69, 9.17) is 23.2 Å². The highest BCUT2D eigenvalue weighted by Gasteiger charge is 2.23. The SMILES string of the molecule is CC(=O)Nc1ccc(-c2ccnc(Nc3cccc(N4CCN(C(=O)c5cc(Cl)cc(Cl)c5)CC4)c3)n2)cc1. The summed E-state index contributed by atoms with van der Waals surface area (Å²) in [6, 6.07) is 22.3. The van der Waals surface area contributed by atoms with Gasteiger partial charge in [0.2, 0.25) is 11.9 Å². The molecule has 0 unspecified atom stereocenters. The Balaban J connectivity index is 1.23. The molecule has 2 N–H and O–H groups in total. The Kier molecular flexibility index (Phi) is 7.95. The summed E-state index contributed by atoms with van der Waals surface area (Å²) >= 11 is 12.2. The maximum atomic E-state index is 12.9. The largest absolute Gasteiger partial charge is 0.368 e. The molecule has 198 valence electrons. The zero-order valence-corrected chi connectivity index (χ0v) is 22.7. The topological polar surface area (TPSA) is 90.5 Å². The molecule has 5 rings (SSSR count). The number of rotatable bonds is 6. The fourth-order valence-corrected chi connectivity index (χ4v) is 4.97. The van der Waals surface area contributed by atoms with Gasteiger partial charge < -0.3 is 20.4 Å². The van der Waals surface area contributed by atoms with Gasteiger partial charge in [0.15, 0.2) is 0 Å². The van der Waals surface area contributed by atoms with E-state index in [9.17, 15) is 9.59 Å². The van der Waals surface area contributed by atoms with Crippen LogP contribution in [0.5, 0.6) is 0 Å². The molecule has 1 fully saturated rings. The first-order valence-electron chi connectivity index (χ1n) is 12.4. The quantitative estimate of drug-likeness (QED) is 0.295. The molecule has 8 nitrogen and oxygen atoms in total. The molecule has 2 amide bonds. The van der Waals surface area contributed by atoms with Crippen LogP contribution < -0.4 is 15.5 Å². The van der Waals surface area contributed by atoms with Gasteiger partial charge >= 0.3 is 0 Å². The molecule has 1 aliphatic rings. The second-order valence-electron chi connectivity index (χ2n) is 9.14. The number of halogens is 2. The number of hydrogen-bond acceptors (Lipinski definition) is 6. The Morgan fingerprint density at radius 3 is 2.26 bits per heavy atom. The van der Waals surface area contributed by atoms with Crippen LogP contribution in [0.25, 0.3) is 11.3 Å². The van der Waals surface area contributed by atoms with Gasteiger partial charge in [-0.3, -0.25) is 9.59 Å². The number of hydrogen-bond donors (Lipinski definition) is 2. The van der Waals surface area contributed by atoms with E-state index in [2.05, 4.69) is 25.5 Å². The minimum Gasteiger partial charge on any atom is -0.368 e. The van der Waals surface area contributed by atoms with Crippen LogP contribution in [-0.2, 0) is 4.79 Å². The molecule has 1 aliphatic heterocycles. The molecule has 0 spiro atoms. The van der Waals surface area contributed by atoms with Gasteiger partial charge in [-0.15, -0.1) is 0 Å². The van der Waals surface area contributed by atoms with Crippen LogP contribution in [0.15, 0.2) is 79.0 Å². The predicted molar refractivity (Wildman–Crippen MR) is 156 cm³/mol. The van der Waals surface area contributed by atoms with Crippen LogP contribution in [-0.4, -0.2) is 52.9 Å². The van der Waals surface area contributed by atoms with E-state index in [1.54, 1.807) is 24.4 Å². The molecule has 0 atom stereocenters. The summed E-state index contributed by atoms with van der Waals surface area (Å²) in [6.07, 6.45) is 1.71. The number of aromatic nitrogens is 2. The van der Waals surface area contributed by atoms with Crippen molar-refractivity contribution in [2.75, 3.05) is 41.7 Å². The molecule has 3 aromatic carbocycles. The number of piperazine rings is 1. The average Bonchev–Trinajstić information content (AvgIpc) is 2.93. The number of nitrogens with zero attached hydrogens (tertiary/aromatic N) is 4. The summed E-state index contributed by atoms with van der Waals surface area (Å²) in [5, 5.41) is 6.95. The van der Waals surface area contributed by atoms with Crippen LogP contribution in [0.4, 0.5) is 23.0 Å². The van der Waals surface area contributed by atoms with Crippen molar-refractivity contribution < 1.29 is 9.59 Å². The van der Waals surface area contributed by atoms with Crippen LogP contribution in [0, 0.1) is 0 Å². The van der Waals surface area contributed by atoms with E-state index in [0.29, 0.717) is 47.7 Å². The highest BCUT2D eigenvalue weighted by atomic mass is 35.5. The number of benzene rings is 3. The Labute approximate surface area is 236 Å². The normalized spacial score (nSPS) is 13.2. The second-order valence-corrected chi connectivity index (χ2v) is 10.0. The third kappa shape index (κ3) is 6.66. The number of anilines is 4. The third-order valence-electron chi connectivity index (χ3n) is 6.30. The van der Waals surface area contributed by atoms with Crippen LogP contribution in [0.2, 0.25) is 10.0 Å². The molecule has 10 heteroatoms. The Hall–Kier alpha value is -4.14. The summed E-state index contributed by atoms with van der Waals surface area (Å²) in [5.74, 6) is 0.291. The molecule has 2 heterocycles. The minimum atomic E-state index is -0.114. The lowest BCUT2D eigenvalue weighted by Gasteiger charge is -2.36. The molecule has 0 aliphatic carbocycles. The van der Waals surface area contributed by atoms with Crippen molar-refractivity contribution in [1.29, 1.82) is 0 Å².